The van der Waals surface area contributed by atoms with E-state index < -0.39 is 12.2 Å². The van der Waals surface area contributed by atoms with E-state index in [2.05, 4.69) is 0 Å². The van der Waals surface area contributed by atoms with Crippen LogP contribution in [0.3, 0.4) is 0 Å². The number of hydrogen-bond donors (Lipinski definition) is 2. The Hall–Kier alpha value is -0.0800. The zero-order valence-corrected chi connectivity index (χ0v) is 6.74. The van der Waals surface area contributed by atoms with Crippen LogP contribution in [0.4, 0.5) is 0 Å². The second kappa shape index (κ2) is 2.76. The van der Waals surface area contributed by atoms with E-state index in [1.165, 1.54) is 12.8 Å². The Kier molecular flexibility index (Phi) is 1.90. The first-order valence-electron chi connectivity index (χ1n) is 4.65. The molecular formula is C9H16O2. The van der Waals surface area contributed by atoms with Crippen LogP contribution in [0, 0.1) is 11.8 Å². The molecule has 2 aliphatic carbocycles. The minimum atomic E-state index is -0.440. The van der Waals surface area contributed by atoms with Gasteiger partial charge < -0.3 is 10.2 Å². The summed E-state index contributed by atoms with van der Waals surface area (Å²) in [5.74, 6) is 1.17. The third-order valence-corrected chi connectivity index (χ3v) is 3.13. The monoisotopic (exact) mass is 156 g/mol. The van der Waals surface area contributed by atoms with Crippen LogP contribution in [0.25, 0.3) is 0 Å². The summed E-state index contributed by atoms with van der Waals surface area (Å²) < 4.78 is 0. The fraction of sp³-hybridized carbons (Fsp3) is 1.00. The minimum Gasteiger partial charge on any atom is -0.390 e. The zero-order chi connectivity index (χ0) is 7.84. The number of fused-ring (bicyclic) bond motifs is 1. The van der Waals surface area contributed by atoms with Gasteiger partial charge in [-0.1, -0.05) is 19.3 Å². The molecule has 2 N–H and O–H groups in total. The lowest BCUT2D eigenvalue weighted by Gasteiger charge is -2.20. The van der Waals surface area contributed by atoms with Crippen LogP contribution < -0.4 is 0 Å². The third kappa shape index (κ3) is 1.42. The van der Waals surface area contributed by atoms with Crippen LogP contribution in [0.5, 0.6) is 0 Å². The molecule has 0 bridgehead atoms. The predicted molar refractivity (Wildman–Crippen MR) is 42.1 cm³/mol. The summed E-state index contributed by atoms with van der Waals surface area (Å²) in [6.07, 6.45) is 4.69. The normalized spacial score (nSPS) is 50.7. The highest BCUT2D eigenvalue weighted by molar-refractivity contribution is 4.95. The maximum absolute atomic E-state index is 9.54. The van der Waals surface area contributed by atoms with Gasteiger partial charge in [-0.2, -0.15) is 0 Å². The number of aliphatic hydroxyl groups is 2. The molecule has 0 aromatic heterocycles. The van der Waals surface area contributed by atoms with Crippen LogP contribution in [-0.4, -0.2) is 22.4 Å². The van der Waals surface area contributed by atoms with E-state index in [1.807, 2.05) is 0 Å². The van der Waals surface area contributed by atoms with Crippen molar-refractivity contribution in [1.82, 2.24) is 0 Å². The van der Waals surface area contributed by atoms with Gasteiger partial charge in [0.2, 0.25) is 0 Å². The second-order valence-electron chi connectivity index (χ2n) is 4.00. The fourth-order valence-electron chi connectivity index (χ4n) is 2.24. The zero-order valence-electron chi connectivity index (χ0n) is 6.74. The maximum atomic E-state index is 9.54. The van der Waals surface area contributed by atoms with E-state index in [9.17, 15) is 10.2 Å². The van der Waals surface area contributed by atoms with Crippen molar-refractivity contribution in [3.05, 3.63) is 0 Å². The van der Waals surface area contributed by atoms with E-state index in [0.29, 0.717) is 5.92 Å². The van der Waals surface area contributed by atoms with E-state index in [4.69, 9.17) is 0 Å². The predicted octanol–water partition coefficient (Wildman–Crippen LogP) is 0.918. The summed E-state index contributed by atoms with van der Waals surface area (Å²) in [6.45, 7) is 0. The molecule has 64 valence electrons. The Labute approximate surface area is 67.2 Å². The van der Waals surface area contributed by atoms with Gasteiger partial charge in [0.15, 0.2) is 0 Å². The van der Waals surface area contributed by atoms with Gasteiger partial charge in [-0.05, 0) is 24.7 Å². The van der Waals surface area contributed by atoms with Crippen molar-refractivity contribution in [1.29, 1.82) is 0 Å². The highest BCUT2D eigenvalue weighted by Crippen LogP contribution is 2.47. The van der Waals surface area contributed by atoms with Crippen molar-refractivity contribution in [2.24, 2.45) is 11.8 Å². The van der Waals surface area contributed by atoms with Crippen LogP contribution in [-0.2, 0) is 0 Å². The molecule has 2 rings (SSSR count). The molecule has 0 aliphatic heterocycles. The van der Waals surface area contributed by atoms with Crippen molar-refractivity contribution in [2.45, 2.75) is 44.3 Å². The highest BCUT2D eigenvalue weighted by Gasteiger charge is 2.44. The summed E-state index contributed by atoms with van der Waals surface area (Å²) in [4.78, 5) is 0. The van der Waals surface area contributed by atoms with Crippen LogP contribution in [0.15, 0.2) is 0 Å². The van der Waals surface area contributed by atoms with E-state index in [-0.39, 0.29) is 0 Å². The average molecular weight is 156 g/mol. The Balaban J connectivity index is 1.95. The van der Waals surface area contributed by atoms with E-state index >= 15 is 0 Å². The van der Waals surface area contributed by atoms with Gasteiger partial charge in [0.05, 0.1) is 12.2 Å². The topological polar surface area (TPSA) is 40.5 Å². The van der Waals surface area contributed by atoms with Gasteiger partial charge in [0.1, 0.15) is 0 Å². The van der Waals surface area contributed by atoms with Gasteiger partial charge in [-0.15, -0.1) is 0 Å². The molecule has 0 heterocycles. The lowest BCUT2D eigenvalue weighted by Crippen LogP contribution is -2.29. The van der Waals surface area contributed by atoms with Gasteiger partial charge in [-0.3, -0.25) is 0 Å². The van der Waals surface area contributed by atoms with Crippen molar-refractivity contribution in [3.8, 4) is 0 Å². The fourth-order valence-corrected chi connectivity index (χ4v) is 2.24. The Morgan fingerprint density at radius 2 is 1.73 bits per heavy atom. The van der Waals surface area contributed by atoms with Crippen LogP contribution in [0.2, 0.25) is 0 Å². The van der Waals surface area contributed by atoms with Crippen molar-refractivity contribution >= 4 is 0 Å². The minimum absolute atomic E-state index is 0.416. The molecule has 11 heavy (non-hydrogen) atoms. The third-order valence-electron chi connectivity index (χ3n) is 3.13. The molecule has 2 saturated carbocycles. The quantitative estimate of drug-likeness (QED) is 0.547. The summed E-state index contributed by atoms with van der Waals surface area (Å²) >= 11 is 0. The Morgan fingerprint density at radius 3 is 2.55 bits per heavy atom. The van der Waals surface area contributed by atoms with Crippen molar-refractivity contribution < 1.29 is 10.2 Å². The van der Waals surface area contributed by atoms with Gasteiger partial charge >= 0.3 is 0 Å². The molecule has 4 atom stereocenters. The summed E-state index contributed by atoms with van der Waals surface area (Å²) in [7, 11) is 0. The largest absolute Gasteiger partial charge is 0.390 e. The first-order valence-corrected chi connectivity index (χ1v) is 4.65. The molecule has 0 radical (unpaired) electrons. The van der Waals surface area contributed by atoms with E-state index in [1.54, 1.807) is 0 Å². The smallest absolute Gasteiger partial charge is 0.0829 e. The van der Waals surface area contributed by atoms with Gasteiger partial charge in [0.25, 0.3) is 0 Å². The molecular weight excluding hydrogens is 140 g/mol. The van der Waals surface area contributed by atoms with Crippen molar-refractivity contribution in [2.75, 3.05) is 0 Å². The van der Waals surface area contributed by atoms with E-state index in [0.717, 1.165) is 25.2 Å². The van der Waals surface area contributed by atoms with Crippen LogP contribution in [0.1, 0.15) is 32.1 Å². The summed E-state index contributed by atoms with van der Waals surface area (Å²) in [6, 6.07) is 0. The lowest BCUT2D eigenvalue weighted by molar-refractivity contribution is -0.00661. The molecule has 2 fully saturated rings. The second-order valence-corrected chi connectivity index (χ2v) is 4.00. The standard InChI is InChI=1S/C9H16O2/c10-8-4-2-1-3-6-5-7(6)9(8)11/h6-11H,1-5H2/t6-,7+,8-,9+/m0/s1. The molecule has 0 aromatic rings. The Bertz CT molecular complexity index is 144. The molecule has 0 unspecified atom stereocenters. The number of aliphatic hydroxyl groups excluding tert-OH is 2. The lowest BCUT2D eigenvalue weighted by atomic mass is 9.96. The first-order chi connectivity index (χ1) is 5.29. The molecule has 0 aromatic carbocycles. The number of rotatable bonds is 0. The van der Waals surface area contributed by atoms with Gasteiger partial charge in [0, 0.05) is 0 Å². The maximum Gasteiger partial charge on any atom is 0.0829 e. The Morgan fingerprint density at radius 1 is 1.00 bits per heavy atom. The highest BCUT2D eigenvalue weighted by atomic mass is 16.3. The summed E-state index contributed by atoms with van der Waals surface area (Å²) in [5, 5.41) is 19.0. The molecule has 0 saturated heterocycles. The summed E-state index contributed by atoms with van der Waals surface area (Å²) in [5.41, 5.74) is 0. The molecule has 2 nitrogen and oxygen atoms in total. The average Bonchev–Trinajstić information content (AvgIpc) is 2.73. The first kappa shape index (κ1) is 7.56. The molecule has 2 aliphatic rings. The number of hydrogen-bond acceptors (Lipinski definition) is 2. The molecule has 0 spiro atoms. The van der Waals surface area contributed by atoms with Crippen molar-refractivity contribution in [3.63, 3.8) is 0 Å². The van der Waals surface area contributed by atoms with Crippen LogP contribution >= 0.6 is 0 Å². The SMILES string of the molecule is O[C@@H]1[C@@H]2C[C@@H]2CCCC[C@@H]1O. The molecule has 0 amide bonds. The van der Waals surface area contributed by atoms with Gasteiger partial charge in [-0.25, -0.2) is 0 Å². The molecule has 2 heteroatoms.